The number of hydrogen-bond acceptors (Lipinski definition) is 2. The second-order valence-electron chi connectivity index (χ2n) is 5.47. The van der Waals surface area contributed by atoms with E-state index in [1.165, 1.54) is 6.20 Å². The molecule has 1 aromatic heterocycles. The van der Waals surface area contributed by atoms with Gasteiger partial charge in [0.05, 0.1) is 5.56 Å². The monoisotopic (exact) mass is 299 g/mol. The molecule has 23 heavy (non-hydrogen) atoms. The Morgan fingerprint density at radius 1 is 0.826 bits per heavy atom. The molecule has 1 heterocycles. The van der Waals surface area contributed by atoms with E-state index in [-0.39, 0.29) is 16.8 Å². The first-order chi connectivity index (χ1) is 11.2. The average Bonchev–Trinajstić information content (AvgIpc) is 2.61. The molecule has 0 radical (unpaired) electrons. The van der Waals surface area contributed by atoms with Crippen LogP contribution in [0.5, 0.6) is 0 Å². The number of para-hydroxylation sites is 1. The summed E-state index contributed by atoms with van der Waals surface area (Å²) in [4.78, 5) is 28.3. The van der Waals surface area contributed by atoms with Crippen LogP contribution in [0.15, 0.2) is 77.7 Å². The first kappa shape index (κ1) is 13.5. The van der Waals surface area contributed by atoms with E-state index >= 15 is 0 Å². The summed E-state index contributed by atoms with van der Waals surface area (Å²) < 4.78 is 0. The molecule has 4 aromatic rings. The molecule has 0 saturated carbocycles. The van der Waals surface area contributed by atoms with Crippen LogP contribution in [-0.4, -0.2) is 10.8 Å². The molecule has 110 valence electrons. The number of aromatic nitrogens is 1. The van der Waals surface area contributed by atoms with Gasteiger partial charge in [-0.2, -0.15) is 0 Å². The maximum atomic E-state index is 12.7. The molecule has 0 atom stereocenters. The molecule has 0 spiro atoms. The third-order valence-corrected chi connectivity index (χ3v) is 4.04. The predicted molar refractivity (Wildman–Crippen MR) is 91.9 cm³/mol. The summed E-state index contributed by atoms with van der Waals surface area (Å²) >= 11 is 0. The highest BCUT2D eigenvalue weighted by molar-refractivity contribution is 6.11. The lowest BCUT2D eigenvalue weighted by molar-refractivity contribution is 0.103. The van der Waals surface area contributed by atoms with Crippen molar-refractivity contribution in [3.05, 3.63) is 94.3 Å². The van der Waals surface area contributed by atoms with Crippen molar-refractivity contribution in [3.63, 3.8) is 0 Å². The van der Waals surface area contributed by atoms with E-state index in [0.717, 1.165) is 16.3 Å². The molecule has 3 heteroatoms. The topological polar surface area (TPSA) is 49.9 Å². The predicted octanol–water partition coefficient (Wildman–Crippen LogP) is 3.91. The van der Waals surface area contributed by atoms with Crippen molar-refractivity contribution in [1.82, 2.24) is 4.98 Å². The number of fused-ring (bicyclic) bond motifs is 2. The van der Waals surface area contributed by atoms with Crippen LogP contribution in [0.2, 0.25) is 0 Å². The lowest BCUT2D eigenvalue weighted by Gasteiger charge is -2.05. The van der Waals surface area contributed by atoms with Crippen molar-refractivity contribution >= 4 is 27.5 Å². The van der Waals surface area contributed by atoms with Crippen LogP contribution in [-0.2, 0) is 0 Å². The summed E-state index contributed by atoms with van der Waals surface area (Å²) in [6.07, 6.45) is 1.50. The molecular formula is C20H13NO2. The fourth-order valence-corrected chi connectivity index (χ4v) is 2.82. The van der Waals surface area contributed by atoms with E-state index in [0.29, 0.717) is 10.9 Å². The molecule has 0 saturated heterocycles. The highest BCUT2D eigenvalue weighted by Gasteiger charge is 2.15. The van der Waals surface area contributed by atoms with Gasteiger partial charge in [-0.1, -0.05) is 48.5 Å². The number of rotatable bonds is 2. The Morgan fingerprint density at radius 2 is 1.57 bits per heavy atom. The van der Waals surface area contributed by atoms with Gasteiger partial charge < -0.3 is 4.98 Å². The molecule has 0 aliphatic rings. The molecule has 0 aliphatic carbocycles. The van der Waals surface area contributed by atoms with Crippen LogP contribution >= 0.6 is 0 Å². The smallest absolute Gasteiger partial charge is 0.200 e. The fourth-order valence-electron chi connectivity index (χ4n) is 2.82. The normalized spacial score (nSPS) is 11.0. The van der Waals surface area contributed by atoms with Gasteiger partial charge in [0.1, 0.15) is 0 Å². The first-order valence-electron chi connectivity index (χ1n) is 7.38. The molecule has 4 rings (SSSR count). The zero-order valence-corrected chi connectivity index (χ0v) is 12.2. The van der Waals surface area contributed by atoms with Crippen LogP contribution in [0.4, 0.5) is 0 Å². The average molecular weight is 299 g/mol. The van der Waals surface area contributed by atoms with Crippen molar-refractivity contribution in [2.45, 2.75) is 0 Å². The number of carbonyl (C=O) groups excluding carboxylic acids is 1. The second kappa shape index (κ2) is 5.21. The minimum absolute atomic E-state index is 0.166. The molecule has 3 aromatic carbocycles. The Labute approximate surface area is 132 Å². The molecule has 0 aliphatic heterocycles. The first-order valence-corrected chi connectivity index (χ1v) is 7.38. The Morgan fingerprint density at radius 3 is 2.43 bits per heavy atom. The molecule has 1 N–H and O–H groups in total. The summed E-state index contributed by atoms with van der Waals surface area (Å²) in [5, 5.41) is 2.58. The quantitative estimate of drug-likeness (QED) is 0.570. The van der Waals surface area contributed by atoms with Crippen molar-refractivity contribution in [2.75, 3.05) is 0 Å². The number of carbonyl (C=O) groups is 1. The van der Waals surface area contributed by atoms with Gasteiger partial charge >= 0.3 is 0 Å². The van der Waals surface area contributed by atoms with Gasteiger partial charge in [-0.25, -0.2) is 0 Å². The van der Waals surface area contributed by atoms with E-state index in [9.17, 15) is 9.59 Å². The van der Waals surface area contributed by atoms with E-state index in [4.69, 9.17) is 0 Å². The molecule has 0 unspecified atom stereocenters. The number of pyridine rings is 1. The summed E-state index contributed by atoms with van der Waals surface area (Å²) in [5.74, 6) is -0.261. The summed E-state index contributed by atoms with van der Waals surface area (Å²) in [5.41, 5.74) is 1.17. The lowest BCUT2D eigenvalue weighted by atomic mass is 10.00. The number of ketones is 1. The highest BCUT2D eigenvalue weighted by Crippen LogP contribution is 2.18. The Hall–Kier alpha value is -3.20. The number of hydrogen-bond donors (Lipinski definition) is 1. The van der Waals surface area contributed by atoms with E-state index < -0.39 is 0 Å². The van der Waals surface area contributed by atoms with Gasteiger partial charge in [0, 0.05) is 22.7 Å². The van der Waals surface area contributed by atoms with Crippen LogP contribution < -0.4 is 5.43 Å². The Balaban J connectivity index is 1.87. The summed E-state index contributed by atoms with van der Waals surface area (Å²) in [7, 11) is 0. The summed E-state index contributed by atoms with van der Waals surface area (Å²) in [6.45, 7) is 0. The van der Waals surface area contributed by atoms with Crippen LogP contribution in [0, 0.1) is 0 Å². The minimum atomic E-state index is -0.261. The Bertz CT molecular complexity index is 1110. The number of H-pyrrole nitrogens is 1. The van der Waals surface area contributed by atoms with Gasteiger partial charge in [0.25, 0.3) is 0 Å². The van der Waals surface area contributed by atoms with Crippen molar-refractivity contribution in [1.29, 1.82) is 0 Å². The number of benzene rings is 3. The number of aromatic amines is 1. The zero-order chi connectivity index (χ0) is 15.8. The van der Waals surface area contributed by atoms with Crippen LogP contribution in [0.3, 0.4) is 0 Å². The van der Waals surface area contributed by atoms with E-state index in [1.54, 1.807) is 18.2 Å². The second-order valence-corrected chi connectivity index (χ2v) is 5.47. The number of nitrogens with one attached hydrogen (secondary N) is 1. The third-order valence-electron chi connectivity index (χ3n) is 4.04. The maximum absolute atomic E-state index is 12.7. The molecule has 3 nitrogen and oxygen atoms in total. The zero-order valence-electron chi connectivity index (χ0n) is 12.2. The maximum Gasteiger partial charge on any atom is 0.200 e. The van der Waals surface area contributed by atoms with Gasteiger partial charge in [0.2, 0.25) is 5.43 Å². The van der Waals surface area contributed by atoms with Gasteiger partial charge in [-0.3, -0.25) is 9.59 Å². The molecule has 0 fully saturated rings. The van der Waals surface area contributed by atoms with Crippen LogP contribution in [0.25, 0.3) is 21.7 Å². The van der Waals surface area contributed by atoms with Gasteiger partial charge in [-0.05, 0) is 29.0 Å². The van der Waals surface area contributed by atoms with Crippen molar-refractivity contribution in [3.8, 4) is 0 Å². The highest BCUT2D eigenvalue weighted by atomic mass is 16.1. The fraction of sp³-hybridized carbons (Fsp3) is 0. The minimum Gasteiger partial charge on any atom is -0.360 e. The molecule has 0 bridgehead atoms. The lowest BCUT2D eigenvalue weighted by Crippen LogP contribution is -2.16. The third kappa shape index (κ3) is 2.23. The van der Waals surface area contributed by atoms with Crippen molar-refractivity contribution < 1.29 is 4.79 Å². The molecule has 0 amide bonds. The van der Waals surface area contributed by atoms with Gasteiger partial charge in [-0.15, -0.1) is 0 Å². The Kier molecular flexibility index (Phi) is 3.05. The van der Waals surface area contributed by atoms with Gasteiger partial charge in [0.15, 0.2) is 5.78 Å². The summed E-state index contributed by atoms with van der Waals surface area (Å²) in [6, 6.07) is 20.5. The van der Waals surface area contributed by atoms with Crippen molar-refractivity contribution in [2.24, 2.45) is 0 Å². The molecular weight excluding hydrogens is 286 g/mol. The SMILES string of the molecule is O=C(c1ccc2ccccc2c1)c1c[nH]c2ccccc2c1=O. The van der Waals surface area contributed by atoms with E-state index in [1.807, 2.05) is 48.5 Å². The van der Waals surface area contributed by atoms with E-state index in [2.05, 4.69) is 4.98 Å². The largest absolute Gasteiger partial charge is 0.360 e. The standard InChI is InChI=1S/C20H13NO2/c22-19(15-10-9-13-5-1-2-6-14(13)11-15)17-12-21-18-8-4-3-7-16(18)20(17)23/h1-12H,(H,21,23). The van der Waals surface area contributed by atoms with Crippen LogP contribution in [0.1, 0.15) is 15.9 Å².